The van der Waals surface area contributed by atoms with Gasteiger partial charge < -0.3 is 20.1 Å². The summed E-state index contributed by atoms with van der Waals surface area (Å²) in [5.74, 6) is -2.70. The molecule has 4 aliphatic carbocycles. The van der Waals surface area contributed by atoms with Crippen LogP contribution in [0.15, 0.2) is 11.6 Å². The normalized spacial score (nSPS) is 51.2. The van der Waals surface area contributed by atoms with Gasteiger partial charge in [0.15, 0.2) is 5.78 Å². The highest BCUT2D eigenvalue weighted by molar-refractivity contribution is 5.92. The van der Waals surface area contributed by atoms with E-state index in [1.54, 1.807) is 6.08 Å². The minimum Gasteiger partial charge on any atom is -0.481 e. The minimum absolute atomic E-state index is 0.0489. The van der Waals surface area contributed by atoms with Crippen LogP contribution in [-0.2, 0) is 19.1 Å². The molecule has 5 rings (SSSR count). The molecule has 0 radical (unpaired) electrons. The Bertz CT molecular complexity index is 879. The maximum Gasteiger partial charge on any atom is 0.307 e. The Kier molecular flexibility index (Phi) is 4.00. The van der Waals surface area contributed by atoms with E-state index in [9.17, 15) is 24.6 Å². The molecule has 2 unspecified atom stereocenters. The third-order valence-corrected chi connectivity index (χ3v) is 9.77. The summed E-state index contributed by atoms with van der Waals surface area (Å²) in [6, 6.07) is 0. The summed E-state index contributed by atoms with van der Waals surface area (Å²) in [5.41, 5.74) is -1.74. The van der Waals surface area contributed by atoms with Crippen LogP contribution in [0.4, 0.5) is 0 Å². The summed E-state index contributed by atoms with van der Waals surface area (Å²) in [7, 11) is 0. The minimum atomic E-state index is -1.13. The molecular formula is C23H30O7. The highest BCUT2D eigenvalue weighted by Gasteiger charge is 2.82. The van der Waals surface area contributed by atoms with Crippen molar-refractivity contribution in [1.29, 1.82) is 0 Å². The maximum atomic E-state index is 12.4. The Balaban J connectivity index is 1.59. The second-order valence-corrected chi connectivity index (χ2v) is 10.7. The van der Waals surface area contributed by atoms with Crippen molar-refractivity contribution in [3.63, 3.8) is 0 Å². The molecule has 30 heavy (non-hydrogen) atoms. The van der Waals surface area contributed by atoms with Crippen LogP contribution >= 0.6 is 0 Å². The van der Waals surface area contributed by atoms with Crippen LogP contribution in [0, 0.1) is 28.6 Å². The lowest BCUT2D eigenvalue weighted by molar-refractivity contribution is -0.160. The largest absolute Gasteiger partial charge is 0.481 e. The van der Waals surface area contributed by atoms with Crippen molar-refractivity contribution in [2.45, 2.75) is 82.5 Å². The molecule has 7 heteroatoms. The number of epoxide rings is 1. The predicted molar refractivity (Wildman–Crippen MR) is 105 cm³/mol. The fourth-order valence-corrected chi connectivity index (χ4v) is 8.08. The van der Waals surface area contributed by atoms with Crippen molar-refractivity contribution in [1.82, 2.24) is 0 Å². The van der Waals surface area contributed by atoms with Gasteiger partial charge in [-0.05, 0) is 50.5 Å². The van der Waals surface area contributed by atoms with Crippen LogP contribution in [0.5, 0.6) is 0 Å². The van der Waals surface area contributed by atoms with Crippen LogP contribution in [0.3, 0.4) is 0 Å². The molecule has 1 spiro atoms. The molecule has 1 heterocycles. The number of ketones is 1. The number of aliphatic hydroxyl groups is 1. The average Bonchev–Trinajstić information content (AvgIpc) is 3.32. The highest BCUT2D eigenvalue weighted by Crippen LogP contribution is 2.77. The molecule has 3 saturated carbocycles. The van der Waals surface area contributed by atoms with E-state index in [4.69, 9.17) is 9.84 Å². The van der Waals surface area contributed by atoms with E-state index in [-0.39, 0.29) is 42.0 Å². The van der Waals surface area contributed by atoms with Gasteiger partial charge in [-0.2, -0.15) is 0 Å². The van der Waals surface area contributed by atoms with Gasteiger partial charge in [0.05, 0.1) is 17.6 Å². The van der Waals surface area contributed by atoms with Crippen molar-refractivity contribution in [3.8, 4) is 0 Å². The van der Waals surface area contributed by atoms with Crippen LogP contribution in [0.2, 0.25) is 0 Å². The van der Waals surface area contributed by atoms with Crippen molar-refractivity contribution in [2.75, 3.05) is 0 Å². The predicted octanol–water partition coefficient (Wildman–Crippen LogP) is 2.56. The molecule has 164 valence electrons. The summed E-state index contributed by atoms with van der Waals surface area (Å²) in [4.78, 5) is 35.7. The monoisotopic (exact) mass is 418 g/mol. The Hall–Kier alpha value is -1.73. The van der Waals surface area contributed by atoms with Gasteiger partial charge in [-0.15, -0.1) is 0 Å². The Morgan fingerprint density at radius 2 is 1.97 bits per heavy atom. The number of rotatable bonds is 4. The number of hydrogen-bond donors (Lipinski definition) is 3. The molecule has 0 aromatic carbocycles. The molecule has 4 fully saturated rings. The van der Waals surface area contributed by atoms with Gasteiger partial charge in [-0.3, -0.25) is 14.4 Å². The van der Waals surface area contributed by atoms with Crippen molar-refractivity contribution >= 4 is 17.7 Å². The summed E-state index contributed by atoms with van der Waals surface area (Å²) < 4.78 is 6.44. The summed E-state index contributed by atoms with van der Waals surface area (Å²) >= 11 is 0. The number of hydrogen-bond acceptors (Lipinski definition) is 5. The lowest BCUT2D eigenvalue weighted by Gasteiger charge is -2.58. The number of carbonyl (C=O) groups is 3. The van der Waals surface area contributed by atoms with Crippen LogP contribution in [0.25, 0.3) is 0 Å². The summed E-state index contributed by atoms with van der Waals surface area (Å²) in [6.07, 6.45) is 4.81. The van der Waals surface area contributed by atoms with E-state index < -0.39 is 34.5 Å². The smallest absolute Gasteiger partial charge is 0.307 e. The van der Waals surface area contributed by atoms with Gasteiger partial charge in [0.1, 0.15) is 5.60 Å². The first-order chi connectivity index (χ1) is 14.0. The van der Waals surface area contributed by atoms with Crippen molar-refractivity contribution < 1.29 is 34.4 Å². The van der Waals surface area contributed by atoms with Gasteiger partial charge in [0.25, 0.3) is 0 Å². The fourth-order valence-electron chi connectivity index (χ4n) is 8.08. The number of fused-ring (bicyclic) bond motifs is 3. The third kappa shape index (κ3) is 2.25. The molecule has 7 nitrogen and oxygen atoms in total. The van der Waals surface area contributed by atoms with Gasteiger partial charge in [-0.1, -0.05) is 19.4 Å². The zero-order chi connectivity index (χ0) is 21.7. The second kappa shape index (κ2) is 5.94. The number of ether oxygens (including phenoxy) is 1. The van der Waals surface area contributed by atoms with Gasteiger partial charge in [0.2, 0.25) is 0 Å². The Morgan fingerprint density at radius 1 is 1.23 bits per heavy atom. The molecule has 0 bridgehead atoms. The van der Waals surface area contributed by atoms with Gasteiger partial charge in [0, 0.05) is 29.6 Å². The lowest BCUT2D eigenvalue weighted by Crippen LogP contribution is -2.63. The Labute approximate surface area is 175 Å². The zero-order valence-corrected chi connectivity index (χ0v) is 17.5. The molecule has 8 atom stereocenters. The van der Waals surface area contributed by atoms with E-state index in [0.29, 0.717) is 38.5 Å². The van der Waals surface area contributed by atoms with Gasteiger partial charge >= 0.3 is 11.9 Å². The van der Waals surface area contributed by atoms with E-state index in [2.05, 4.69) is 6.92 Å². The number of carboxylic acids is 2. The molecule has 5 aliphatic rings. The van der Waals surface area contributed by atoms with Crippen LogP contribution < -0.4 is 0 Å². The average molecular weight is 418 g/mol. The Morgan fingerprint density at radius 3 is 2.63 bits per heavy atom. The van der Waals surface area contributed by atoms with Crippen LogP contribution in [-0.4, -0.2) is 50.3 Å². The first kappa shape index (κ1) is 20.2. The molecule has 1 aliphatic heterocycles. The zero-order valence-electron chi connectivity index (χ0n) is 17.5. The van der Waals surface area contributed by atoms with E-state index in [1.807, 2.05) is 6.92 Å². The quantitative estimate of drug-likeness (QED) is 0.599. The topological polar surface area (TPSA) is 124 Å². The van der Waals surface area contributed by atoms with Gasteiger partial charge in [-0.25, -0.2) is 0 Å². The van der Waals surface area contributed by atoms with E-state index in [0.717, 1.165) is 5.57 Å². The second-order valence-electron chi connectivity index (χ2n) is 10.7. The molecular weight excluding hydrogens is 388 g/mol. The van der Waals surface area contributed by atoms with Crippen molar-refractivity contribution in [3.05, 3.63) is 11.6 Å². The maximum absolute atomic E-state index is 12.4. The fraction of sp³-hybridized carbons (Fsp3) is 0.783. The third-order valence-electron chi connectivity index (χ3n) is 9.77. The number of carbonyl (C=O) groups excluding carboxylic acids is 1. The first-order valence-corrected chi connectivity index (χ1v) is 11.1. The summed E-state index contributed by atoms with van der Waals surface area (Å²) in [6.45, 7) is 4.14. The van der Waals surface area contributed by atoms with E-state index in [1.165, 1.54) is 0 Å². The van der Waals surface area contributed by atoms with E-state index >= 15 is 0 Å². The van der Waals surface area contributed by atoms with Crippen molar-refractivity contribution in [2.24, 2.45) is 28.6 Å². The molecule has 1 saturated heterocycles. The summed E-state index contributed by atoms with van der Waals surface area (Å²) in [5, 5.41) is 30.9. The SMILES string of the molecule is C[C@]12CCC(=O)C=C1C[C@@H](C(=O)O)C1C3CC[C@@](O)(CCC(=O)O)[C@@]3(C)C[C@H]3O[C@@]132. The highest BCUT2D eigenvalue weighted by atomic mass is 16.6. The molecule has 0 amide bonds. The molecule has 0 aromatic heterocycles. The number of aliphatic carboxylic acids is 2. The lowest BCUT2D eigenvalue weighted by atomic mass is 9.43. The molecule has 3 N–H and O–H groups in total. The number of carboxylic acid groups (broad SMARTS) is 2. The van der Waals surface area contributed by atoms with Crippen LogP contribution in [0.1, 0.15) is 65.2 Å². The first-order valence-electron chi connectivity index (χ1n) is 11.1. The molecule has 0 aromatic rings. The standard InChI is InChI=1S/C23H30O7/c1-20-6-3-13(24)9-12(20)10-14(19(27)28)18-15-4-7-22(29,8-5-17(25)26)21(15,2)11-16-23(18,20)30-16/h9,14-16,18,29H,3-8,10-11H2,1-2H3,(H,25,26)(H,27,28)/t14-,15?,16-,18?,20+,21+,22-,23-/m1/s1.